The Labute approximate surface area is 182 Å². The highest BCUT2D eigenvalue weighted by molar-refractivity contribution is 7.80. The lowest BCUT2D eigenvalue weighted by molar-refractivity contribution is 0.0933. The van der Waals surface area contributed by atoms with Crippen molar-refractivity contribution in [2.75, 3.05) is 13.7 Å². The zero-order valence-corrected chi connectivity index (χ0v) is 18.0. The number of ether oxygens (including phenoxy) is 2. The second-order valence-corrected chi connectivity index (χ2v) is 6.90. The molecule has 8 heteroatoms. The van der Waals surface area contributed by atoms with Gasteiger partial charge in [-0.05, 0) is 55.0 Å². The van der Waals surface area contributed by atoms with E-state index in [1.54, 1.807) is 49.6 Å². The second-order valence-electron chi connectivity index (χ2n) is 6.50. The molecular formula is C22H27N3O4S. The van der Waals surface area contributed by atoms with Crippen LogP contribution in [-0.2, 0) is 0 Å². The Balaban J connectivity index is 1.84. The van der Waals surface area contributed by atoms with Gasteiger partial charge in [0.2, 0.25) is 0 Å². The summed E-state index contributed by atoms with van der Waals surface area (Å²) >= 11 is 5.10. The minimum absolute atomic E-state index is 0.0281. The van der Waals surface area contributed by atoms with Crippen LogP contribution in [0.4, 0.5) is 0 Å². The first-order valence-corrected chi connectivity index (χ1v) is 10.2. The summed E-state index contributed by atoms with van der Waals surface area (Å²) in [4.78, 5) is 24.7. The van der Waals surface area contributed by atoms with Gasteiger partial charge >= 0.3 is 0 Å². The molecule has 0 fully saturated rings. The predicted octanol–water partition coefficient (Wildman–Crippen LogP) is 3.60. The van der Waals surface area contributed by atoms with Gasteiger partial charge in [0, 0.05) is 5.56 Å². The van der Waals surface area contributed by atoms with Crippen LogP contribution in [0, 0.1) is 0 Å². The van der Waals surface area contributed by atoms with Crippen LogP contribution >= 0.6 is 12.2 Å². The SMILES string of the molecule is CCCCCCOc1ccccc1C(=O)NC(=S)NNC(=O)c1ccc(OC)cc1. The van der Waals surface area contributed by atoms with E-state index in [9.17, 15) is 9.59 Å². The van der Waals surface area contributed by atoms with E-state index >= 15 is 0 Å². The summed E-state index contributed by atoms with van der Waals surface area (Å²) < 4.78 is 10.8. The molecule has 0 bridgehead atoms. The largest absolute Gasteiger partial charge is 0.497 e. The van der Waals surface area contributed by atoms with Gasteiger partial charge in [0.25, 0.3) is 11.8 Å². The molecule has 0 radical (unpaired) electrons. The lowest BCUT2D eigenvalue weighted by atomic mass is 10.2. The Kier molecular flexibility index (Phi) is 9.60. The van der Waals surface area contributed by atoms with Crippen LogP contribution in [0.5, 0.6) is 11.5 Å². The van der Waals surface area contributed by atoms with Crippen LogP contribution in [0.3, 0.4) is 0 Å². The smallest absolute Gasteiger partial charge is 0.269 e. The number of hydrogen-bond donors (Lipinski definition) is 3. The molecule has 2 aromatic rings. The van der Waals surface area contributed by atoms with Crippen LogP contribution in [0.15, 0.2) is 48.5 Å². The fraction of sp³-hybridized carbons (Fsp3) is 0.318. The van der Waals surface area contributed by atoms with Crippen LogP contribution in [0.25, 0.3) is 0 Å². The maximum atomic E-state index is 12.6. The number of hydrazine groups is 1. The Morgan fingerprint density at radius 3 is 2.37 bits per heavy atom. The predicted molar refractivity (Wildman–Crippen MR) is 120 cm³/mol. The van der Waals surface area contributed by atoms with E-state index in [1.807, 2.05) is 6.07 Å². The molecule has 2 aromatic carbocycles. The molecule has 2 amide bonds. The first kappa shape index (κ1) is 23.2. The Morgan fingerprint density at radius 2 is 1.67 bits per heavy atom. The maximum absolute atomic E-state index is 12.6. The molecule has 0 heterocycles. The Hall–Kier alpha value is -3.13. The molecule has 0 spiro atoms. The summed E-state index contributed by atoms with van der Waals surface area (Å²) in [5, 5.41) is 2.51. The van der Waals surface area contributed by atoms with Crippen molar-refractivity contribution < 1.29 is 19.1 Å². The van der Waals surface area contributed by atoms with Crippen molar-refractivity contribution in [1.82, 2.24) is 16.2 Å². The lowest BCUT2D eigenvalue weighted by Crippen LogP contribution is -2.48. The zero-order chi connectivity index (χ0) is 21.8. The molecule has 30 heavy (non-hydrogen) atoms. The number of rotatable bonds is 9. The average molecular weight is 430 g/mol. The Bertz CT molecular complexity index is 856. The van der Waals surface area contributed by atoms with Crippen molar-refractivity contribution in [2.24, 2.45) is 0 Å². The molecule has 3 N–H and O–H groups in total. The molecule has 160 valence electrons. The quantitative estimate of drug-likeness (QED) is 0.321. The van der Waals surface area contributed by atoms with Gasteiger partial charge in [0.15, 0.2) is 5.11 Å². The monoisotopic (exact) mass is 429 g/mol. The molecule has 0 aliphatic heterocycles. The van der Waals surface area contributed by atoms with Crippen LogP contribution < -0.4 is 25.6 Å². The van der Waals surface area contributed by atoms with Gasteiger partial charge in [-0.25, -0.2) is 0 Å². The van der Waals surface area contributed by atoms with E-state index in [0.29, 0.717) is 29.2 Å². The van der Waals surface area contributed by atoms with Crippen molar-refractivity contribution in [3.05, 3.63) is 59.7 Å². The molecule has 0 aliphatic rings. The number of thiocarbonyl (C=S) groups is 1. The minimum Gasteiger partial charge on any atom is -0.497 e. The third-order valence-corrected chi connectivity index (χ3v) is 4.46. The van der Waals surface area contributed by atoms with Gasteiger partial charge in [-0.1, -0.05) is 38.3 Å². The van der Waals surface area contributed by atoms with Gasteiger partial charge < -0.3 is 9.47 Å². The summed E-state index contributed by atoms with van der Waals surface area (Å²) in [6.45, 7) is 2.70. The molecule has 0 saturated carbocycles. The van der Waals surface area contributed by atoms with E-state index in [1.165, 1.54) is 0 Å². The fourth-order valence-electron chi connectivity index (χ4n) is 2.62. The standard InChI is InChI=1S/C22H27N3O4S/c1-3-4-5-8-15-29-19-10-7-6-9-18(19)21(27)23-22(30)25-24-20(26)16-11-13-17(28-2)14-12-16/h6-7,9-14H,3-5,8,15H2,1-2H3,(H,24,26)(H2,23,25,27,30). The summed E-state index contributed by atoms with van der Waals surface area (Å²) in [5.74, 6) is 0.325. The summed E-state index contributed by atoms with van der Waals surface area (Å²) in [7, 11) is 1.55. The summed E-state index contributed by atoms with van der Waals surface area (Å²) in [6, 6.07) is 13.6. The van der Waals surface area contributed by atoms with Crippen molar-refractivity contribution >= 4 is 29.1 Å². The van der Waals surface area contributed by atoms with Gasteiger partial charge in [-0.3, -0.25) is 25.8 Å². The van der Waals surface area contributed by atoms with Crippen molar-refractivity contribution in [1.29, 1.82) is 0 Å². The van der Waals surface area contributed by atoms with Gasteiger partial charge in [0.05, 0.1) is 19.3 Å². The highest BCUT2D eigenvalue weighted by Crippen LogP contribution is 2.18. The molecule has 0 aliphatic carbocycles. The molecule has 7 nitrogen and oxygen atoms in total. The first-order valence-electron chi connectivity index (χ1n) is 9.82. The number of carbonyl (C=O) groups is 2. The van der Waals surface area contributed by atoms with Crippen LogP contribution in [0.2, 0.25) is 0 Å². The topological polar surface area (TPSA) is 88.7 Å². The third kappa shape index (κ3) is 7.36. The number of amides is 2. The second kappa shape index (κ2) is 12.4. The highest BCUT2D eigenvalue weighted by Gasteiger charge is 2.14. The molecule has 0 unspecified atom stereocenters. The van der Waals surface area contributed by atoms with E-state index in [0.717, 1.165) is 25.7 Å². The number of nitrogens with one attached hydrogen (secondary N) is 3. The van der Waals surface area contributed by atoms with E-state index in [2.05, 4.69) is 23.1 Å². The molecule has 0 saturated heterocycles. The number of carbonyl (C=O) groups excluding carboxylic acids is 2. The molecular weight excluding hydrogens is 402 g/mol. The minimum atomic E-state index is -0.421. The van der Waals surface area contributed by atoms with E-state index in [-0.39, 0.29) is 5.11 Å². The molecule has 2 rings (SSSR count). The number of methoxy groups -OCH3 is 1. The number of benzene rings is 2. The molecule has 0 atom stereocenters. The van der Waals surface area contributed by atoms with Crippen molar-refractivity contribution in [2.45, 2.75) is 32.6 Å². The van der Waals surface area contributed by atoms with Gasteiger partial charge in [0.1, 0.15) is 11.5 Å². The maximum Gasteiger partial charge on any atom is 0.269 e. The average Bonchev–Trinajstić information content (AvgIpc) is 2.77. The highest BCUT2D eigenvalue weighted by atomic mass is 32.1. The summed E-state index contributed by atoms with van der Waals surface area (Å²) in [5.41, 5.74) is 5.76. The summed E-state index contributed by atoms with van der Waals surface area (Å²) in [6.07, 6.45) is 4.33. The lowest BCUT2D eigenvalue weighted by Gasteiger charge is -2.13. The van der Waals surface area contributed by atoms with Gasteiger partial charge in [-0.15, -0.1) is 0 Å². The van der Waals surface area contributed by atoms with E-state index in [4.69, 9.17) is 21.7 Å². The number of unbranched alkanes of at least 4 members (excludes halogenated alkanes) is 3. The van der Waals surface area contributed by atoms with Crippen molar-refractivity contribution in [3.8, 4) is 11.5 Å². The van der Waals surface area contributed by atoms with Crippen LogP contribution in [-0.4, -0.2) is 30.6 Å². The van der Waals surface area contributed by atoms with Crippen molar-refractivity contribution in [3.63, 3.8) is 0 Å². The number of hydrogen-bond acceptors (Lipinski definition) is 5. The van der Waals surface area contributed by atoms with Crippen LogP contribution in [0.1, 0.15) is 53.3 Å². The van der Waals surface area contributed by atoms with E-state index < -0.39 is 11.8 Å². The molecule has 0 aromatic heterocycles. The van der Waals surface area contributed by atoms with Gasteiger partial charge in [-0.2, -0.15) is 0 Å². The zero-order valence-electron chi connectivity index (χ0n) is 17.2. The third-order valence-electron chi connectivity index (χ3n) is 4.26. The normalized spacial score (nSPS) is 10.1. The first-order chi connectivity index (χ1) is 14.5. The fourth-order valence-corrected chi connectivity index (χ4v) is 2.76. The number of para-hydroxylation sites is 1. The Morgan fingerprint density at radius 1 is 0.933 bits per heavy atom.